The van der Waals surface area contributed by atoms with Crippen molar-refractivity contribution in [3.05, 3.63) is 53.1 Å². The minimum atomic E-state index is -0.00336. The van der Waals surface area contributed by atoms with Crippen LogP contribution < -0.4 is 15.1 Å². The van der Waals surface area contributed by atoms with Gasteiger partial charge in [0.15, 0.2) is 6.54 Å². The molecule has 1 heterocycles. The van der Waals surface area contributed by atoms with E-state index in [1.165, 1.54) is 4.90 Å². The van der Waals surface area contributed by atoms with E-state index in [0.717, 1.165) is 43.1 Å². The van der Waals surface area contributed by atoms with Crippen LogP contribution in [0.1, 0.15) is 5.56 Å². The van der Waals surface area contributed by atoms with E-state index >= 15 is 0 Å². The summed E-state index contributed by atoms with van der Waals surface area (Å²) in [5, 5.41) is 13.5. The molecule has 0 bridgehead atoms. The van der Waals surface area contributed by atoms with E-state index < -0.39 is 0 Å². The summed E-state index contributed by atoms with van der Waals surface area (Å²) in [5.74, 6) is 0.302. The van der Waals surface area contributed by atoms with Gasteiger partial charge >= 0.3 is 0 Å². The summed E-state index contributed by atoms with van der Waals surface area (Å²) in [6.07, 6.45) is 0. The van der Waals surface area contributed by atoms with Crippen LogP contribution in [0.4, 0.5) is 11.4 Å². The highest BCUT2D eigenvalue weighted by atomic mass is 35.5. The molecule has 2 aromatic rings. The number of hydrogen-bond donors (Lipinski definition) is 3. The molecule has 1 fully saturated rings. The van der Waals surface area contributed by atoms with Gasteiger partial charge in [-0.25, -0.2) is 0 Å². The number of phenolic OH excluding ortho intramolecular Hbond substituents is 1. The average molecular weight is 361 g/mol. The van der Waals surface area contributed by atoms with Crippen molar-refractivity contribution in [2.24, 2.45) is 0 Å². The Morgan fingerprint density at radius 3 is 2.68 bits per heavy atom. The molecule has 5 nitrogen and oxygen atoms in total. The van der Waals surface area contributed by atoms with Crippen LogP contribution in [-0.2, 0) is 4.79 Å². The summed E-state index contributed by atoms with van der Waals surface area (Å²) in [7, 11) is 0. The van der Waals surface area contributed by atoms with Gasteiger partial charge in [0.1, 0.15) is 5.75 Å². The number of anilines is 2. The Kier molecular flexibility index (Phi) is 5.46. The number of halogens is 1. The second-order valence-electron chi connectivity index (χ2n) is 6.41. The number of para-hydroxylation sites is 2. The van der Waals surface area contributed by atoms with Gasteiger partial charge in [0.05, 0.1) is 31.9 Å². The van der Waals surface area contributed by atoms with E-state index in [-0.39, 0.29) is 5.91 Å². The van der Waals surface area contributed by atoms with Crippen molar-refractivity contribution >= 4 is 28.9 Å². The van der Waals surface area contributed by atoms with Gasteiger partial charge < -0.3 is 20.2 Å². The fraction of sp³-hybridized carbons (Fsp3) is 0.316. The summed E-state index contributed by atoms with van der Waals surface area (Å²) in [5.41, 5.74) is 2.63. The number of carbonyl (C=O) groups is 1. The van der Waals surface area contributed by atoms with E-state index in [9.17, 15) is 9.90 Å². The molecule has 3 N–H and O–H groups in total. The van der Waals surface area contributed by atoms with Crippen molar-refractivity contribution < 1.29 is 14.8 Å². The number of benzene rings is 2. The zero-order chi connectivity index (χ0) is 17.8. The molecule has 0 aromatic heterocycles. The van der Waals surface area contributed by atoms with Gasteiger partial charge in [0, 0.05) is 10.7 Å². The Morgan fingerprint density at radius 1 is 1.24 bits per heavy atom. The quantitative estimate of drug-likeness (QED) is 0.778. The minimum Gasteiger partial charge on any atom is -0.506 e. The van der Waals surface area contributed by atoms with Crippen LogP contribution in [0.5, 0.6) is 5.75 Å². The number of aromatic hydroxyl groups is 1. The maximum absolute atomic E-state index is 12.3. The van der Waals surface area contributed by atoms with Crippen LogP contribution in [0.15, 0.2) is 42.5 Å². The predicted molar refractivity (Wildman–Crippen MR) is 101 cm³/mol. The van der Waals surface area contributed by atoms with E-state index in [2.05, 4.69) is 10.2 Å². The molecule has 3 rings (SSSR count). The molecule has 132 valence electrons. The average Bonchev–Trinajstić information content (AvgIpc) is 2.59. The summed E-state index contributed by atoms with van der Waals surface area (Å²) in [4.78, 5) is 15.7. The number of piperazine rings is 1. The predicted octanol–water partition coefficient (Wildman–Crippen LogP) is 1.70. The number of rotatable bonds is 4. The molecule has 0 atom stereocenters. The minimum absolute atomic E-state index is 0.00336. The highest BCUT2D eigenvalue weighted by Gasteiger charge is 2.23. The van der Waals surface area contributed by atoms with Gasteiger partial charge in [-0.3, -0.25) is 4.79 Å². The number of nitrogens with zero attached hydrogens (tertiary/aromatic N) is 1. The van der Waals surface area contributed by atoms with Crippen LogP contribution >= 0.6 is 11.6 Å². The molecule has 0 aliphatic carbocycles. The van der Waals surface area contributed by atoms with E-state index in [1.807, 2.05) is 37.3 Å². The second-order valence-corrected chi connectivity index (χ2v) is 6.85. The second kappa shape index (κ2) is 7.76. The molecule has 0 spiro atoms. The van der Waals surface area contributed by atoms with Crippen molar-refractivity contribution in [3.63, 3.8) is 0 Å². The lowest BCUT2D eigenvalue weighted by Gasteiger charge is -2.33. The summed E-state index contributed by atoms with van der Waals surface area (Å²) in [6, 6.07) is 12.9. The third kappa shape index (κ3) is 4.44. The SMILES string of the molecule is Cc1ccc(Cl)cc1NC(=O)C[NH+]1CCN(c2ccccc2O)CC1. The van der Waals surface area contributed by atoms with E-state index in [1.54, 1.807) is 12.1 Å². The molecule has 0 radical (unpaired) electrons. The number of aryl methyl sites for hydroxylation is 1. The van der Waals surface area contributed by atoms with Gasteiger partial charge in [0.2, 0.25) is 0 Å². The molecule has 1 aliphatic heterocycles. The van der Waals surface area contributed by atoms with Crippen molar-refractivity contribution in [1.29, 1.82) is 0 Å². The number of hydrogen-bond acceptors (Lipinski definition) is 3. The van der Waals surface area contributed by atoms with Crippen LogP contribution in [0, 0.1) is 6.92 Å². The Hall–Kier alpha value is -2.24. The first-order chi connectivity index (χ1) is 12.0. The first-order valence-corrected chi connectivity index (χ1v) is 8.83. The number of carbonyl (C=O) groups excluding carboxylic acids is 1. The van der Waals surface area contributed by atoms with Crippen molar-refractivity contribution in [3.8, 4) is 5.75 Å². The van der Waals surface area contributed by atoms with E-state index in [0.29, 0.717) is 17.3 Å². The molecule has 2 aromatic carbocycles. The Morgan fingerprint density at radius 2 is 1.96 bits per heavy atom. The molecule has 0 unspecified atom stereocenters. The maximum atomic E-state index is 12.3. The van der Waals surface area contributed by atoms with Gasteiger partial charge in [0.25, 0.3) is 5.91 Å². The third-order valence-corrected chi connectivity index (χ3v) is 4.81. The first kappa shape index (κ1) is 17.6. The largest absolute Gasteiger partial charge is 0.506 e. The number of phenols is 1. The number of amides is 1. The van der Waals surface area contributed by atoms with Gasteiger partial charge in [-0.05, 0) is 36.8 Å². The highest BCUT2D eigenvalue weighted by Crippen LogP contribution is 2.26. The molecular formula is C19H23ClN3O2+. The first-order valence-electron chi connectivity index (χ1n) is 8.45. The smallest absolute Gasteiger partial charge is 0.279 e. The maximum Gasteiger partial charge on any atom is 0.279 e. The highest BCUT2D eigenvalue weighted by molar-refractivity contribution is 6.31. The van der Waals surface area contributed by atoms with Gasteiger partial charge in [-0.15, -0.1) is 0 Å². The fourth-order valence-electron chi connectivity index (χ4n) is 3.12. The molecule has 1 aliphatic rings. The van der Waals surface area contributed by atoms with Crippen LogP contribution in [0.25, 0.3) is 0 Å². The molecule has 0 saturated carbocycles. The van der Waals surface area contributed by atoms with Crippen molar-refractivity contribution in [1.82, 2.24) is 0 Å². The Balaban J connectivity index is 1.53. The molecule has 1 amide bonds. The monoisotopic (exact) mass is 360 g/mol. The molecular weight excluding hydrogens is 338 g/mol. The van der Waals surface area contributed by atoms with Gasteiger partial charge in [-0.1, -0.05) is 29.8 Å². The van der Waals surface area contributed by atoms with Gasteiger partial charge in [-0.2, -0.15) is 0 Å². The Bertz CT molecular complexity index is 758. The van der Waals surface area contributed by atoms with Crippen LogP contribution in [0.2, 0.25) is 5.02 Å². The zero-order valence-corrected chi connectivity index (χ0v) is 15.0. The number of quaternary nitrogens is 1. The van der Waals surface area contributed by atoms with Crippen molar-refractivity contribution in [2.75, 3.05) is 42.9 Å². The summed E-state index contributed by atoms with van der Waals surface area (Å²) in [6.45, 7) is 5.73. The molecule has 1 saturated heterocycles. The standard InChI is InChI=1S/C19H22ClN3O2/c1-14-6-7-15(20)12-16(14)21-19(25)13-22-8-10-23(11-9-22)17-4-2-3-5-18(17)24/h2-7,12,24H,8-11,13H2,1H3,(H,21,25)/p+1. The van der Waals surface area contributed by atoms with E-state index in [4.69, 9.17) is 11.6 Å². The normalized spacial score (nSPS) is 15.2. The molecule has 6 heteroatoms. The lowest BCUT2D eigenvalue weighted by Crippen LogP contribution is -3.15. The van der Waals surface area contributed by atoms with Crippen LogP contribution in [0.3, 0.4) is 0 Å². The van der Waals surface area contributed by atoms with Crippen molar-refractivity contribution in [2.45, 2.75) is 6.92 Å². The topological polar surface area (TPSA) is 57.0 Å². The third-order valence-electron chi connectivity index (χ3n) is 4.58. The Labute approximate surface area is 152 Å². The summed E-state index contributed by atoms with van der Waals surface area (Å²) < 4.78 is 0. The fourth-order valence-corrected chi connectivity index (χ4v) is 3.29. The van der Waals surface area contributed by atoms with Crippen LogP contribution in [-0.4, -0.2) is 43.7 Å². The summed E-state index contributed by atoms with van der Waals surface area (Å²) >= 11 is 6.00. The zero-order valence-electron chi connectivity index (χ0n) is 14.3. The molecule has 25 heavy (non-hydrogen) atoms. The lowest BCUT2D eigenvalue weighted by atomic mass is 10.2. The number of nitrogens with one attached hydrogen (secondary N) is 2. The lowest BCUT2D eigenvalue weighted by molar-refractivity contribution is -0.892.